The lowest BCUT2D eigenvalue weighted by Crippen LogP contribution is -2.41. The molecule has 2 aliphatic carbocycles. The first-order valence-corrected chi connectivity index (χ1v) is 14.5. The summed E-state index contributed by atoms with van der Waals surface area (Å²) in [4.78, 5) is 33.6. The van der Waals surface area contributed by atoms with Crippen LogP contribution in [0.4, 0.5) is 0 Å². The van der Waals surface area contributed by atoms with E-state index >= 15 is 0 Å². The number of aliphatic imine (C=N–C) groups is 1. The summed E-state index contributed by atoms with van der Waals surface area (Å²) in [6.45, 7) is 4.14. The third-order valence-corrected chi connectivity index (χ3v) is 8.95. The summed E-state index contributed by atoms with van der Waals surface area (Å²) >= 11 is 1.56. The molecule has 6 nitrogen and oxygen atoms in total. The van der Waals surface area contributed by atoms with E-state index in [9.17, 15) is 9.59 Å². The number of benzene rings is 1. The maximum absolute atomic E-state index is 13.8. The second kappa shape index (κ2) is 11.3. The van der Waals surface area contributed by atoms with E-state index in [2.05, 4.69) is 24.5 Å². The van der Waals surface area contributed by atoms with Gasteiger partial charge in [-0.05, 0) is 93.3 Å². The van der Waals surface area contributed by atoms with Crippen LogP contribution in [0.5, 0.6) is 0 Å². The smallest absolute Gasteiger partial charge is 0.337 e. The van der Waals surface area contributed by atoms with E-state index in [-0.39, 0.29) is 17.9 Å². The van der Waals surface area contributed by atoms with Gasteiger partial charge in [-0.25, -0.2) is 4.79 Å². The van der Waals surface area contributed by atoms with Crippen molar-refractivity contribution in [1.29, 1.82) is 0 Å². The maximum atomic E-state index is 13.8. The minimum atomic E-state index is -0.345. The average Bonchev–Trinajstić information content (AvgIpc) is 3.38. The van der Waals surface area contributed by atoms with Gasteiger partial charge in [0.2, 0.25) is 0 Å². The number of ether oxygens (including phenoxy) is 1. The number of aryl methyl sites for hydroxylation is 1. The normalized spacial score (nSPS) is 21.8. The third kappa shape index (κ3) is 5.42. The van der Waals surface area contributed by atoms with Crippen molar-refractivity contribution in [3.05, 3.63) is 57.8 Å². The van der Waals surface area contributed by atoms with Crippen LogP contribution in [0.2, 0.25) is 0 Å². The summed E-state index contributed by atoms with van der Waals surface area (Å²) in [5.41, 5.74) is 4.67. The number of aromatic nitrogens is 1. The highest BCUT2D eigenvalue weighted by atomic mass is 32.2. The quantitative estimate of drug-likeness (QED) is 0.321. The molecule has 37 heavy (non-hydrogen) atoms. The molecule has 1 aromatic carbocycles. The molecule has 1 aromatic heterocycles. The molecule has 1 amide bonds. The molecule has 0 bridgehead atoms. The van der Waals surface area contributed by atoms with Crippen LogP contribution in [0.1, 0.15) is 91.5 Å². The third-order valence-electron chi connectivity index (χ3n) is 7.95. The Balaban J connectivity index is 1.45. The monoisotopic (exact) mass is 519 g/mol. The fraction of sp³-hybridized carbons (Fsp3) is 0.500. The van der Waals surface area contributed by atoms with Crippen molar-refractivity contribution in [3.63, 3.8) is 0 Å². The number of hydrogen-bond acceptors (Lipinski definition) is 5. The van der Waals surface area contributed by atoms with Crippen LogP contribution in [0.25, 0.3) is 11.8 Å². The number of amides is 1. The van der Waals surface area contributed by atoms with Gasteiger partial charge in [0.25, 0.3) is 5.91 Å². The van der Waals surface area contributed by atoms with Crippen LogP contribution in [0.15, 0.2) is 40.2 Å². The van der Waals surface area contributed by atoms with E-state index in [1.54, 1.807) is 23.9 Å². The predicted molar refractivity (Wildman–Crippen MR) is 150 cm³/mol. The Morgan fingerprint density at radius 2 is 1.65 bits per heavy atom. The van der Waals surface area contributed by atoms with Gasteiger partial charge in [-0.2, -0.15) is 0 Å². The highest BCUT2D eigenvalue weighted by Gasteiger charge is 2.39. The van der Waals surface area contributed by atoms with Crippen LogP contribution >= 0.6 is 11.8 Å². The number of rotatable bonds is 5. The molecular formula is C30H37N3O3S. The zero-order chi connectivity index (χ0) is 25.9. The van der Waals surface area contributed by atoms with E-state index in [1.807, 2.05) is 23.1 Å². The lowest BCUT2D eigenvalue weighted by atomic mass is 9.94. The van der Waals surface area contributed by atoms with E-state index < -0.39 is 0 Å². The lowest BCUT2D eigenvalue weighted by molar-refractivity contribution is -0.124. The predicted octanol–water partition coefficient (Wildman–Crippen LogP) is 6.82. The molecule has 0 atom stereocenters. The second-order valence-electron chi connectivity index (χ2n) is 10.5. The molecule has 1 saturated heterocycles. The lowest BCUT2D eigenvalue weighted by Gasteiger charge is -2.31. The first-order valence-electron chi connectivity index (χ1n) is 13.6. The molecule has 0 radical (unpaired) electrons. The van der Waals surface area contributed by atoms with Crippen molar-refractivity contribution in [2.75, 3.05) is 7.11 Å². The second-order valence-corrected chi connectivity index (χ2v) is 11.5. The summed E-state index contributed by atoms with van der Waals surface area (Å²) in [6.07, 6.45) is 13.8. The van der Waals surface area contributed by atoms with Crippen molar-refractivity contribution in [2.24, 2.45) is 4.99 Å². The van der Waals surface area contributed by atoms with Gasteiger partial charge in [0.1, 0.15) is 0 Å². The number of esters is 1. The molecule has 3 aliphatic rings. The van der Waals surface area contributed by atoms with Crippen molar-refractivity contribution in [3.8, 4) is 5.69 Å². The van der Waals surface area contributed by atoms with Gasteiger partial charge in [-0.15, -0.1) is 0 Å². The Hall–Kier alpha value is -2.80. The van der Waals surface area contributed by atoms with Gasteiger partial charge in [0.05, 0.1) is 23.6 Å². The maximum Gasteiger partial charge on any atom is 0.337 e. The Labute approximate surface area is 224 Å². The van der Waals surface area contributed by atoms with E-state index in [4.69, 9.17) is 9.73 Å². The molecule has 2 aromatic rings. The molecule has 5 rings (SSSR count). The van der Waals surface area contributed by atoms with Crippen LogP contribution in [-0.2, 0) is 9.53 Å². The first-order chi connectivity index (χ1) is 18.0. The Morgan fingerprint density at radius 3 is 2.30 bits per heavy atom. The number of carbonyl (C=O) groups excluding carboxylic acids is 2. The van der Waals surface area contributed by atoms with Crippen molar-refractivity contribution < 1.29 is 14.3 Å². The fourth-order valence-electron chi connectivity index (χ4n) is 5.94. The molecule has 1 aliphatic heterocycles. The van der Waals surface area contributed by atoms with Crippen LogP contribution in [0, 0.1) is 13.8 Å². The number of thioether (sulfide) groups is 1. The van der Waals surface area contributed by atoms with E-state index in [1.165, 1.54) is 45.6 Å². The minimum absolute atomic E-state index is 0.110. The number of amidine groups is 1. The molecular weight excluding hydrogens is 482 g/mol. The molecule has 196 valence electrons. The SMILES string of the molecule is COC(=O)c1ccc(-n2c(C)cc(C=C3SC(=NC4CCCCC4)N(C4CCCCC4)C3=O)c2C)cc1. The summed E-state index contributed by atoms with van der Waals surface area (Å²) < 4.78 is 6.99. The Morgan fingerprint density at radius 1 is 1.00 bits per heavy atom. The molecule has 2 heterocycles. The number of methoxy groups -OCH3 is 1. The Bertz CT molecular complexity index is 1220. The molecule has 0 N–H and O–H groups in total. The van der Waals surface area contributed by atoms with Gasteiger partial charge >= 0.3 is 5.97 Å². The summed E-state index contributed by atoms with van der Waals surface area (Å²) in [5, 5.41) is 0.919. The summed E-state index contributed by atoms with van der Waals surface area (Å²) in [5.74, 6) is -0.235. The number of carbonyl (C=O) groups is 2. The Kier molecular flexibility index (Phi) is 7.89. The first kappa shape index (κ1) is 25.8. The van der Waals surface area contributed by atoms with Crippen molar-refractivity contribution >= 4 is 34.9 Å². The van der Waals surface area contributed by atoms with E-state index in [0.717, 1.165) is 58.4 Å². The standard InChI is InChI=1S/C30H37N3O3S/c1-20-18-23(21(2)32(20)26-16-14-22(15-17-26)29(35)36-3)19-27-28(34)33(25-12-8-5-9-13-25)30(37-27)31-24-10-6-4-7-11-24/h14-19,24-25H,4-13H2,1-3H3. The minimum Gasteiger partial charge on any atom is -0.465 e. The molecule has 0 spiro atoms. The largest absolute Gasteiger partial charge is 0.465 e. The van der Waals surface area contributed by atoms with Crippen LogP contribution in [0.3, 0.4) is 0 Å². The average molecular weight is 520 g/mol. The van der Waals surface area contributed by atoms with Gasteiger partial charge in [-0.3, -0.25) is 14.7 Å². The summed E-state index contributed by atoms with van der Waals surface area (Å²) in [6, 6.07) is 10.2. The van der Waals surface area contributed by atoms with Crippen LogP contribution < -0.4 is 0 Å². The topological polar surface area (TPSA) is 63.9 Å². The van der Waals surface area contributed by atoms with Gasteiger partial charge < -0.3 is 9.30 Å². The van der Waals surface area contributed by atoms with E-state index in [0.29, 0.717) is 11.6 Å². The highest BCUT2D eigenvalue weighted by Crippen LogP contribution is 2.39. The van der Waals surface area contributed by atoms with Gasteiger partial charge in [0.15, 0.2) is 5.17 Å². The van der Waals surface area contributed by atoms with Gasteiger partial charge in [-0.1, -0.05) is 38.5 Å². The van der Waals surface area contributed by atoms with Gasteiger partial charge in [0, 0.05) is 23.1 Å². The van der Waals surface area contributed by atoms with Crippen molar-refractivity contribution in [2.45, 2.75) is 90.1 Å². The zero-order valence-corrected chi connectivity index (χ0v) is 23.0. The molecule has 2 saturated carbocycles. The highest BCUT2D eigenvalue weighted by molar-refractivity contribution is 8.18. The zero-order valence-electron chi connectivity index (χ0n) is 22.2. The molecule has 7 heteroatoms. The number of hydrogen-bond donors (Lipinski definition) is 0. The number of nitrogens with zero attached hydrogens (tertiary/aromatic N) is 3. The summed E-state index contributed by atoms with van der Waals surface area (Å²) in [7, 11) is 1.39. The van der Waals surface area contributed by atoms with Crippen molar-refractivity contribution in [1.82, 2.24) is 9.47 Å². The molecule has 0 unspecified atom stereocenters. The van der Waals surface area contributed by atoms with Crippen LogP contribution in [-0.4, -0.2) is 45.7 Å². The fourth-order valence-corrected chi connectivity index (χ4v) is 7.04. The molecule has 3 fully saturated rings.